The van der Waals surface area contributed by atoms with Gasteiger partial charge in [0, 0.05) is 11.7 Å². The molecule has 1 nitrogen and oxygen atoms in total. The third-order valence-electron chi connectivity index (χ3n) is 4.70. The van der Waals surface area contributed by atoms with Crippen molar-refractivity contribution in [3.8, 4) is 0 Å². The maximum Gasteiger partial charge on any atom is 0.0345 e. The third kappa shape index (κ3) is 3.66. The lowest BCUT2D eigenvalue weighted by Gasteiger charge is -2.30. The highest BCUT2D eigenvalue weighted by atomic mass is 14.9. The van der Waals surface area contributed by atoms with E-state index in [1.54, 1.807) is 0 Å². The molecule has 0 heterocycles. The molecule has 3 rings (SSSR count). The summed E-state index contributed by atoms with van der Waals surface area (Å²) >= 11 is 0. The van der Waals surface area contributed by atoms with Crippen LogP contribution in [-0.2, 0) is 6.42 Å². The number of benzene rings is 2. The van der Waals surface area contributed by atoms with Crippen molar-refractivity contribution in [3.05, 3.63) is 65.7 Å². The molecule has 1 fully saturated rings. The minimum Gasteiger partial charge on any atom is -0.382 e. The highest BCUT2D eigenvalue weighted by molar-refractivity contribution is 5.46. The van der Waals surface area contributed by atoms with E-state index in [-0.39, 0.29) is 0 Å². The Morgan fingerprint density at radius 3 is 2.38 bits per heavy atom. The maximum atomic E-state index is 3.73. The molecule has 0 spiro atoms. The molecule has 1 aliphatic carbocycles. The average molecular weight is 279 g/mol. The smallest absolute Gasteiger partial charge is 0.0345 e. The van der Waals surface area contributed by atoms with Crippen LogP contribution in [0.5, 0.6) is 0 Å². The van der Waals surface area contributed by atoms with E-state index in [2.05, 4.69) is 66.8 Å². The van der Waals surface area contributed by atoms with Crippen LogP contribution in [0.3, 0.4) is 0 Å². The van der Waals surface area contributed by atoms with Crippen LogP contribution in [-0.4, -0.2) is 6.04 Å². The second-order valence-corrected chi connectivity index (χ2v) is 6.16. The average Bonchev–Trinajstić information content (AvgIpc) is 2.56. The molecule has 0 saturated heterocycles. The summed E-state index contributed by atoms with van der Waals surface area (Å²) in [6.45, 7) is 2.21. The van der Waals surface area contributed by atoms with E-state index >= 15 is 0 Å². The van der Waals surface area contributed by atoms with Gasteiger partial charge in [-0.25, -0.2) is 0 Å². The van der Waals surface area contributed by atoms with E-state index in [9.17, 15) is 0 Å². The zero-order valence-corrected chi connectivity index (χ0v) is 12.9. The Labute approximate surface area is 128 Å². The highest BCUT2D eigenvalue weighted by Crippen LogP contribution is 2.33. The Balaban J connectivity index is 1.56. The molecule has 2 aromatic carbocycles. The standard InChI is InChI=1S/C20H25N/c1-2-16-7-6-10-20(15-16)21-19-13-11-18(12-14-19)17-8-4-3-5-9-17/h3-10,15,18-19,21H,2,11-14H2,1H3. The summed E-state index contributed by atoms with van der Waals surface area (Å²) < 4.78 is 0. The molecule has 0 aromatic heterocycles. The Morgan fingerprint density at radius 2 is 1.67 bits per heavy atom. The van der Waals surface area contributed by atoms with Crippen molar-refractivity contribution >= 4 is 5.69 Å². The van der Waals surface area contributed by atoms with Gasteiger partial charge in [-0.05, 0) is 61.3 Å². The van der Waals surface area contributed by atoms with Gasteiger partial charge < -0.3 is 5.32 Å². The molecule has 0 amide bonds. The molecule has 1 aliphatic rings. The van der Waals surface area contributed by atoms with Crippen molar-refractivity contribution in [2.24, 2.45) is 0 Å². The summed E-state index contributed by atoms with van der Waals surface area (Å²) in [5.74, 6) is 0.756. The van der Waals surface area contributed by atoms with Gasteiger partial charge >= 0.3 is 0 Å². The zero-order valence-electron chi connectivity index (χ0n) is 12.9. The van der Waals surface area contributed by atoms with E-state index in [0.717, 1.165) is 12.3 Å². The van der Waals surface area contributed by atoms with Gasteiger partial charge in [-0.2, -0.15) is 0 Å². The van der Waals surface area contributed by atoms with E-state index in [1.807, 2.05) is 0 Å². The molecule has 1 heteroatoms. The summed E-state index contributed by atoms with van der Waals surface area (Å²) in [5, 5.41) is 3.73. The van der Waals surface area contributed by atoms with Gasteiger partial charge in [0.25, 0.3) is 0 Å². The van der Waals surface area contributed by atoms with Crippen molar-refractivity contribution in [1.82, 2.24) is 0 Å². The van der Waals surface area contributed by atoms with Crippen LogP contribution in [0.25, 0.3) is 0 Å². The highest BCUT2D eigenvalue weighted by Gasteiger charge is 2.22. The van der Waals surface area contributed by atoms with Crippen LogP contribution in [0.15, 0.2) is 54.6 Å². The number of anilines is 1. The van der Waals surface area contributed by atoms with Crippen LogP contribution >= 0.6 is 0 Å². The molecule has 0 bridgehead atoms. The normalized spacial score (nSPS) is 22.0. The van der Waals surface area contributed by atoms with Gasteiger partial charge in [0.15, 0.2) is 0 Å². The lowest BCUT2D eigenvalue weighted by atomic mass is 9.81. The second-order valence-electron chi connectivity index (χ2n) is 6.16. The first-order valence-corrected chi connectivity index (χ1v) is 8.25. The molecule has 0 aliphatic heterocycles. The summed E-state index contributed by atoms with van der Waals surface area (Å²) in [5.41, 5.74) is 4.22. The lowest BCUT2D eigenvalue weighted by Crippen LogP contribution is -2.25. The number of aryl methyl sites for hydroxylation is 1. The first-order valence-electron chi connectivity index (χ1n) is 8.25. The van der Waals surface area contributed by atoms with Crippen LogP contribution in [0, 0.1) is 0 Å². The Hall–Kier alpha value is -1.76. The molecule has 110 valence electrons. The lowest BCUT2D eigenvalue weighted by molar-refractivity contribution is 0.412. The van der Waals surface area contributed by atoms with E-state index in [1.165, 1.54) is 42.5 Å². The van der Waals surface area contributed by atoms with Gasteiger partial charge in [-0.1, -0.05) is 49.4 Å². The molecule has 1 N–H and O–H groups in total. The van der Waals surface area contributed by atoms with Crippen LogP contribution in [0.1, 0.15) is 49.7 Å². The zero-order chi connectivity index (χ0) is 14.5. The first-order chi connectivity index (χ1) is 10.3. The Kier molecular flexibility index (Phi) is 4.59. The monoisotopic (exact) mass is 279 g/mol. The van der Waals surface area contributed by atoms with E-state index < -0.39 is 0 Å². The minimum absolute atomic E-state index is 0.636. The quantitative estimate of drug-likeness (QED) is 0.791. The molecule has 2 aromatic rings. The summed E-state index contributed by atoms with van der Waals surface area (Å²) in [4.78, 5) is 0. The molecule has 1 saturated carbocycles. The van der Waals surface area contributed by atoms with Crippen molar-refractivity contribution in [2.75, 3.05) is 5.32 Å². The molecule has 21 heavy (non-hydrogen) atoms. The van der Waals surface area contributed by atoms with Gasteiger partial charge in [-0.3, -0.25) is 0 Å². The SMILES string of the molecule is CCc1cccc(NC2CCC(c3ccccc3)CC2)c1. The Morgan fingerprint density at radius 1 is 0.905 bits per heavy atom. The van der Waals surface area contributed by atoms with Crippen molar-refractivity contribution in [3.63, 3.8) is 0 Å². The largest absolute Gasteiger partial charge is 0.382 e. The van der Waals surface area contributed by atoms with E-state index in [0.29, 0.717) is 6.04 Å². The number of nitrogens with one attached hydrogen (secondary N) is 1. The summed E-state index contributed by atoms with van der Waals surface area (Å²) in [7, 11) is 0. The van der Waals surface area contributed by atoms with Gasteiger partial charge in [-0.15, -0.1) is 0 Å². The topological polar surface area (TPSA) is 12.0 Å². The molecule has 0 atom stereocenters. The van der Waals surface area contributed by atoms with Crippen molar-refractivity contribution in [2.45, 2.75) is 51.0 Å². The Bertz CT molecular complexity index is 553. The number of rotatable bonds is 4. The number of hydrogen-bond donors (Lipinski definition) is 1. The summed E-state index contributed by atoms with van der Waals surface area (Å²) in [6, 6.07) is 20.5. The molecular weight excluding hydrogens is 254 g/mol. The molecular formula is C20H25N. The number of hydrogen-bond acceptors (Lipinski definition) is 1. The summed E-state index contributed by atoms with van der Waals surface area (Å²) in [6.07, 6.45) is 6.26. The van der Waals surface area contributed by atoms with E-state index in [4.69, 9.17) is 0 Å². The fourth-order valence-electron chi connectivity index (χ4n) is 3.41. The molecule has 0 unspecified atom stereocenters. The van der Waals surface area contributed by atoms with Crippen LogP contribution in [0.4, 0.5) is 5.69 Å². The predicted octanol–water partition coefficient (Wildman–Crippen LogP) is 5.39. The van der Waals surface area contributed by atoms with Gasteiger partial charge in [0.05, 0.1) is 0 Å². The second kappa shape index (κ2) is 6.80. The fourth-order valence-corrected chi connectivity index (χ4v) is 3.41. The van der Waals surface area contributed by atoms with Gasteiger partial charge in [0.1, 0.15) is 0 Å². The van der Waals surface area contributed by atoms with Crippen molar-refractivity contribution in [1.29, 1.82) is 0 Å². The van der Waals surface area contributed by atoms with Crippen LogP contribution < -0.4 is 5.32 Å². The van der Waals surface area contributed by atoms with Gasteiger partial charge in [0.2, 0.25) is 0 Å². The molecule has 0 radical (unpaired) electrons. The van der Waals surface area contributed by atoms with Crippen LogP contribution in [0.2, 0.25) is 0 Å². The van der Waals surface area contributed by atoms with Crippen molar-refractivity contribution < 1.29 is 0 Å². The fraction of sp³-hybridized carbons (Fsp3) is 0.400. The minimum atomic E-state index is 0.636. The predicted molar refractivity (Wildman–Crippen MR) is 90.9 cm³/mol. The maximum absolute atomic E-state index is 3.73. The third-order valence-corrected chi connectivity index (χ3v) is 4.70. The first kappa shape index (κ1) is 14.2.